The van der Waals surface area contributed by atoms with E-state index in [9.17, 15) is 9.90 Å². The zero-order chi connectivity index (χ0) is 18.4. The molecule has 26 heavy (non-hydrogen) atoms. The number of carbonyl (C=O) groups is 1. The molecule has 1 aliphatic rings. The Labute approximate surface area is 153 Å². The minimum absolute atomic E-state index is 0.0433. The molecule has 1 fully saturated rings. The van der Waals surface area contributed by atoms with Crippen molar-refractivity contribution in [1.29, 1.82) is 0 Å². The summed E-state index contributed by atoms with van der Waals surface area (Å²) in [5, 5.41) is 19.9. The molecule has 1 saturated heterocycles. The summed E-state index contributed by atoms with van der Waals surface area (Å²) in [7, 11) is 0. The third-order valence-electron chi connectivity index (χ3n) is 4.83. The van der Waals surface area contributed by atoms with Gasteiger partial charge in [-0.05, 0) is 25.3 Å². The van der Waals surface area contributed by atoms with Gasteiger partial charge in [0.25, 0.3) is 0 Å². The molecule has 0 radical (unpaired) electrons. The molecule has 0 unspecified atom stereocenters. The predicted octanol–water partition coefficient (Wildman–Crippen LogP) is 2.15. The molecule has 2 heterocycles. The van der Waals surface area contributed by atoms with Crippen molar-refractivity contribution >= 4 is 11.8 Å². The second kappa shape index (κ2) is 8.33. The first-order valence-electron chi connectivity index (χ1n) is 8.92. The van der Waals surface area contributed by atoms with E-state index >= 15 is 0 Å². The van der Waals surface area contributed by atoms with E-state index in [0.29, 0.717) is 32.1 Å². The molecule has 0 spiro atoms. The minimum atomic E-state index is -0.296. The van der Waals surface area contributed by atoms with Gasteiger partial charge in [0, 0.05) is 31.2 Å². The third kappa shape index (κ3) is 4.62. The first-order valence-corrected chi connectivity index (χ1v) is 8.92. The topological polar surface area (TPSA) is 88.4 Å². The predicted molar refractivity (Wildman–Crippen MR) is 99.1 cm³/mol. The van der Waals surface area contributed by atoms with Crippen LogP contribution in [0.3, 0.4) is 0 Å². The van der Waals surface area contributed by atoms with Crippen molar-refractivity contribution in [3.8, 4) is 0 Å². The van der Waals surface area contributed by atoms with Gasteiger partial charge in [-0.1, -0.05) is 30.3 Å². The highest BCUT2D eigenvalue weighted by Crippen LogP contribution is 2.29. The fourth-order valence-electron chi connectivity index (χ4n) is 3.15. The molecule has 7 nitrogen and oxygen atoms in total. The van der Waals surface area contributed by atoms with Gasteiger partial charge >= 0.3 is 6.03 Å². The van der Waals surface area contributed by atoms with Crippen molar-refractivity contribution in [2.75, 3.05) is 31.7 Å². The molecule has 140 valence electrons. The van der Waals surface area contributed by atoms with Crippen molar-refractivity contribution in [3.05, 3.63) is 47.7 Å². The van der Waals surface area contributed by atoms with Crippen LogP contribution in [-0.4, -0.2) is 47.3 Å². The summed E-state index contributed by atoms with van der Waals surface area (Å²) in [6, 6.07) is 11.5. The van der Waals surface area contributed by atoms with Crippen molar-refractivity contribution < 1.29 is 14.6 Å². The molecule has 2 amide bonds. The Balaban J connectivity index is 1.60. The molecule has 0 atom stereocenters. The molecule has 0 bridgehead atoms. The maximum Gasteiger partial charge on any atom is 0.320 e. The molecule has 1 aromatic carbocycles. The lowest BCUT2D eigenvalue weighted by atomic mass is 9.81. The van der Waals surface area contributed by atoms with Crippen LogP contribution in [0.4, 0.5) is 10.6 Å². The summed E-state index contributed by atoms with van der Waals surface area (Å²) in [6.07, 6.45) is 1.49. The van der Waals surface area contributed by atoms with Crippen molar-refractivity contribution in [1.82, 2.24) is 15.1 Å². The lowest BCUT2D eigenvalue weighted by molar-refractivity contribution is -0.0137. The minimum Gasteiger partial charge on any atom is -0.396 e. The Kier molecular flexibility index (Phi) is 5.90. The summed E-state index contributed by atoms with van der Waals surface area (Å²) >= 11 is 0. The maximum atomic E-state index is 12.4. The number of hydrogen-bond donors (Lipinski definition) is 3. The van der Waals surface area contributed by atoms with E-state index in [1.807, 2.05) is 43.3 Å². The van der Waals surface area contributed by atoms with E-state index < -0.39 is 0 Å². The summed E-state index contributed by atoms with van der Waals surface area (Å²) < 4.78 is 7.13. The van der Waals surface area contributed by atoms with Gasteiger partial charge < -0.3 is 15.2 Å². The Morgan fingerprint density at radius 1 is 1.31 bits per heavy atom. The molecular weight excluding hydrogens is 332 g/mol. The molecule has 3 N–H and O–H groups in total. The number of benzene rings is 1. The molecule has 1 aromatic heterocycles. The highest BCUT2D eigenvalue weighted by atomic mass is 16.5. The Bertz CT molecular complexity index is 724. The van der Waals surface area contributed by atoms with E-state index in [1.165, 1.54) is 0 Å². The first-order chi connectivity index (χ1) is 12.6. The van der Waals surface area contributed by atoms with Gasteiger partial charge in [-0.3, -0.25) is 5.32 Å². The largest absolute Gasteiger partial charge is 0.396 e. The van der Waals surface area contributed by atoms with Gasteiger partial charge in [0.15, 0.2) is 0 Å². The number of aryl methyl sites for hydroxylation is 1. The Morgan fingerprint density at radius 3 is 2.73 bits per heavy atom. The average molecular weight is 358 g/mol. The summed E-state index contributed by atoms with van der Waals surface area (Å²) in [5.74, 6) is 0.647. The molecule has 1 aliphatic heterocycles. The number of aliphatic hydroxyl groups is 1. The van der Waals surface area contributed by atoms with E-state index in [-0.39, 0.29) is 18.1 Å². The molecular formula is C19H26N4O3. The quantitative estimate of drug-likeness (QED) is 0.738. The molecule has 0 saturated carbocycles. The van der Waals surface area contributed by atoms with E-state index in [1.54, 1.807) is 4.68 Å². The number of carbonyl (C=O) groups excluding carboxylic acids is 1. The SMILES string of the molecule is Cc1cc(NC(=O)NCC2(CO)CCOCC2)n(Cc2ccccc2)n1. The van der Waals surface area contributed by atoms with Crippen LogP contribution in [0.5, 0.6) is 0 Å². The number of nitrogens with one attached hydrogen (secondary N) is 2. The number of hydrogen-bond acceptors (Lipinski definition) is 4. The second-order valence-corrected chi connectivity index (χ2v) is 6.89. The molecule has 2 aromatic rings. The third-order valence-corrected chi connectivity index (χ3v) is 4.83. The van der Waals surface area contributed by atoms with E-state index in [2.05, 4.69) is 15.7 Å². The van der Waals surface area contributed by atoms with Crippen molar-refractivity contribution in [2.45, 2.75) is 26.3 Å². The van der Waals surface area contributed by atoms with Crippen LogP contribution >= 0.6 is 0 Å². The summed E-state index contributed by atoms with van der Waals surface area (Å²) in [6.45, 7) is 4.18. The standard InChI is InChI=1S/C19H26N4O3/c1-15-11-17(23(22-15)12-16-5-3-2-4-6-16)21-18(25)20-13-19(14-24)7-9-26-10-8-19/h2-6,11,24H,7-10,12-14H2,1H3,(H2,20,21,25). The number of anilines is 1. The van der Waals surface area contributed by atoms with Crippen LogP contribution in [0.15, 0.2) is 36.4 Å². The van der Waals surface area contributed by atoms with Gasteiger partial charge in [-0.25, -0.2) is 9.48 Å². The van der Waals surface area contributed by atoms with Crippen LogP contribution in [-0.2, 0) is 11.3 Å². The number of urea groups is 1. The summed E-state index contributed by atoms with van der Waals surface area (Å²) in [4.78, 5) is 12.4. The highest BCUT2D eigenvalue weighted by Gasteiger charge is 2.32. The zero-order valence-electron chi connectivity index (χ0n) is 15.1. The Hall–Kier alpha value is -2.38. The van der Waals surface area contributed by atoms with Gasteiger partial charge in [0.1, 0.15) is 5.82 Å². The van der Waals surface area contributed by atoms with Crippen LogP contribution in [0.1, 0.15) is 24.1 Å². The smallest absolute Gasteiger partial charge is 0.320 e. The number of nitrogens with zero attached hydrogens (tertiary/aromatic N) is 2. The first kappa shape index (κ1) is 18.4. The lowest BCUT2D eigenvalue weighted by Crippen LogP contribution is -2.45. The van der Waals surface area contributed by atoms with Crippen LogP contribution in [0.2, 0.25) is 0 Å². The molecule has 3 rings (SSSR count). The van der Waals surface area contributed by atoms with Crippen molar-refractivity contribution in [2.24, 2.45) is 5.41 Å². The Morgan fingerprint density at radius 2 is 2.04 bits per heavy atom. The van der Waals surface area contributed by atoms with Crippen LogP contribution in [0.25, 0.3) is 0 Å². The fourth-order valence-corrected chi connectivity index (χ4v) is 3.15. The lowest BCUT2D eigenvalue weighted by Gasteiger charge is -2.35. The van der Waals surface area contributed by atoms with Gasteiger partial charge in [-0.15, -0.1) is 0 Å². The monoisotopic (exact) mass is 358 g/mol. The van der Waals surface area contributed by atoms with Gasteiger partial charge in [-0.2, -0.15) is 5.10 Å². The van der Waals surface area contributed by atoms with E-state index in [4.69, 9.17) is 4.74 Å². The van der Waals surface area contributed by atoms with Crippen molar-refractivity contribution in [3.63, 3.8) is 0 Å². The number of amides is 2. The van der Waals surface area contributed by atoms with Crippen LogP contribution in [0, 0.1) is 12.3 Å². The number of aromatic nitrogens is 2. The second-order valence-electron chi connectivity index (χ2n) is 6.89. The highest BCUT2D eigenvalue weighted by molar-refractivity contribution is 5.88. The van der Waals surface area contributed by atoms with E-state index in [0.717, 1.165) is 24.1 Å². The zero-order valence-corrected chi connectivity index (χ0v) is 15.1. The maximum absolute atomic E-state index is 12.4. The normalized spacial score (nSPS) is 16.2. The number of ether oxygens (including phenoxy) is 1. The summed E-state index contributed by atoms with van der Waals surface area (Å²) in [5.41, 5.74) is 1.66. The van der Waals surface area contributed by atoms with Crippen LogP contribution < -0.4 is 10.6 Å². The molecule has 0 aliphatic carbocycles. The number of aliphatic hydroxyl groups excluding tert-OH is 1. The van der Waals surface area contributed by atoms with Gasteiger partial charge in [0.2, 0.25) is 0 Å². The fraction of sp³-hybridized carbons (Fsp3) is 0.474. The van der Waals surface area contributed by atoms with Gasteiger partial charge in [0.05, 0.1) is 18.8 Å². The molecule has 7 heteroatoms. The number of rotatable bonds is 6. The average Bonchev–Trinajstić information content (AvgIpc) is 3.00.